The lowest BCUT2D eigenvalue weighted by atomic mass is 10.1. The van der Waals surface area contributed by atoms with Crippen molar-refractivity contribution in [3.05, 3.63) is 75.6 Å². The van der Waals surface area contributed by atoms with Gasteiger partial charge in [0.1, 0.15) is 24.0 Å². The number of fused-ring (bicyclic) bond motifs is 1. The first-order chi connectivity index (χ1) is 10.7. The number of nitrogens with zero attached hydrogens (tertiary/aromatic N) is 1. The first kappa shape index (κ1) is 13.9. The molecular formula is C18H13NO3. The molecule has 0 fully saturated rings. The maximum Gasteiger partial charge on any atom is 0.336 e. The third-order valence-electron chi connectivity index (χ3n) is 3.38. The largest absolute Gasteiger partial charge is 0.487 e. The molecule has 1 heterocycles. The fraction of sp³-hybridized carbons (Fsp3) is 0.111. The van der Waals surface area contributed by atoms with Crippen LogP contribution in [0.15, 0.2) is 57.7 Å². The van der Waals surface area contributed by atoms with Crippen LogP contribution in [0.3, 0.4) is 0 Å². The first-order valence-electron chi connectivity index (χ1n) is 6.83. The van der Waals surface area contributed by atoms with Gasteiger partial charge in [0.25, 0.3) is 0 Å². The lowest BCUT2D eigenvalue weighted by Gasteiger charge is -2.09. The van der Waals surface area contributed by atoms with Crippen LogP contribution in [0, 0.1) is 18.3 Å². The predicted molar refractivity (Wildman–Crippen MR) is 82.7 cm³/mol. The molecule has 108 valence electrons. The van der Waals surface area contributed by atoms with Crippen LogP contribution in [0.5, 0.6) is 5.75 Å². The molecule has 22 heavy (non-hydrogen) atoms. The average molecular weight is 291 g/mol. The molecule has 2 aromatic carbocycles. The van der Waals surface area contributed by atoms with Gasteiger partial charge in [-0.2, -0.15) is 5.26 Å². The summed E-state index contributed by atoms with van der Waals surface area (Å²) < 4.78 is 10.9. The summed E-state index contributed by atoms with van der Waals surface area (Å²) in [4.78, 5) is 11.7. The van der Waals surface area contributed by atoms with Crippen LogP contribution in [-0.4, -0.2) is 0 Å². The van der Waals surface area contributed by atoms with Crippen molar-refractivity contribution in [3.8, 4) is 11.8 Å². The molecule has 4 heteroatoms. The molecule has 0 amide bonds. The zero-order valence-corrected chi connectivity index (χ0v) is 12.0. The van der Waals surface area contributed by atoms with Crippen LogP contribution in [-0.2, 0) is 6.61 Å². The highest BCUT2D eigenvalue weighted by Gasteiger charge is 2.08. The zero-order chi connectivity index (χ0) is 15.5. The van der Waals surface area contributed by atoms with E-state index in [4.69, 9.17) is 14.4 Å². The third-order valence-corrected chi connectivity index (χ3v) is 3.38. The summed E-state index contributed by atoms with van der Waals surface area (Å²) in [5.41, 5.74) is 2.35. The second kappa shape index (κ2) is 5.74. The Kier molecular flexibility index (Phi) is 3.63. The summed E-state index contributed by atoms with van der Waals surface area (Å²) in [7, 11) is 0. The Bertz CT molecular complexity index is 935. The maximum absolute atomic E-state index is 11.7. The van der Waals surface area contributed by atoms with E-state index in [9.17, 15) is 4.79 Å². The Balaban J connectivity index is 1.98. The Morgan fingerprint density at radius 1 is 1.18 bits per heavy atom. The Morgan fingerprint density at radius 3 is 2.82 bits per heavy atom. The Morgan fingerprint density at radius 2 is 2.00 bits per heavy atom. The summed E-state index contributed by atoms with van der Waals surface area (Å²) in [6.07, 6.45) is 0. The number of benzene rings is 2. The summed E-state index contributed by atoms with van der Waals surface area (Å²) in [5, 5.41) is 9.90. The van der Waals surface area contributed by atoms with Crippen LogP contribution in [0.4, 0.5) is 0 Å². The van der Waals surface area contributed by atoms with Gasteiger partial charge in [-0.1, -0.05) is 24.3 Å². The van der Waals surface area contributed by atoms with Crippen molar-refractivity contribution in [1.29, 1.82) is 5.26 Å². The van der Waals surface area contributed by atoms with Crippen molar-refractivity contribution >= 4 is 11.0 Å². The monoisotopic (exact) mass is 291 g/mol. The zero-order valence-electron chi connectivity index (χ0n) is 12.0. The third kappa shape index (κ3) is 2.70. The highest BCUT2D eigenvalue weighted by atomic mass is 16.5. The molecule has 0 aliphatic rings. The second-order valence-electron chi connectivity index (χ2n) is 4.99. The Labute approximate surface area is 127 Å². The van der Waals surface area contributed by atoms with Crippen molar-refractivity contribution in [2.45, 2.75) is 13.5 Å². The number of hydrogen-bond donors (Lipinski definition) is 0. The summed E-state index contributed by atoms with van der Waals surface area (Å²) in [6, 6.07) is 16.2. The number of rotatable bonds is 3. The topological polar surface area (TPSA) is 63.2 Å². The average Bonchev–Trinajstić information content (AvgIpc) is 2.52. The predicted octanol–water partition coefficient (Wildman–Crippen LogP) is 3.55. The number of ether oxygens (including phenoxy) is 1. The van der Waals surface area contributed by atoms with Gasteiger partial charge in [0, 0.05) is 17.0 Å². The molecular weight excluding hydrogens is 278 g/mol. The van der Waals surface area contributed by atoms with Gasteiger partial charge in [-0.05, 0) is 30.7 Å². The number of para-hydroxylation sites is 1. The maximum atomic E-state index is 11.7. The van der Waals surface area contributed by atoms with E-state index >= 15 is 0 Å². The first-order valence-corrected chi connectivity index (χ1v) is 6.83. The SMILES string of the molecule is Cc1ccc2c(COc3ccccc3C#N)cc(=O)oc2c1. The fourth-order valence-corrected chi connectivity index (χ4v) is 2.30. The van der Waals surface area contributed by atoms with Crippen LogP contribution in [0.2, 0.25) is 0 Å². The van der Waals surface area contributed by atoms with Gasteiger partial charge < -0.3 is 9.15 Å². The summed E-state index contributed by atoms with van der Waals surface area (Å²) in [5.74, 6) is 0.499. The van der Waals surface area contributed by atoms with Crippen molar-refractivity contribution in [3.63, 3.8) is 0 Å². The highest BCUT2D eigenvalue weighted by molar-refractivity contribution is 5.80. The van der Waals surface area contributed by atoms with Crippen LogP contribution in [0.25, 0.3) is 11.0 Å². The van der Waals surface area contributed by atoms with Gasteiger partial charge in [-0.15, -0.1) is 0 Å². The minimum atomic E-state index is -0.412. The van der Waals surface area contributed by atoms with E-state index in [1.807, 2.05) is 25.1 Å². The lowest BCUT2D eigenvalue weighted by Crippen LogP contribution is -2.04. The van der Waals surface area contributed by atoms with Crippen LogP contribution < -0.4 is 10.4 Å². The van der Waals surface area contributed by atoms with E-state index in [2.05, 4.69) is 6.07 Å². The number of nitriles is 1. The molecule has 0 unspecified atom stereocenters. The molecule has 0 bridgehead atoms. The van der Waals surface area contributed by atoms with E-state index < -0.39 is 5.63 Å². The lowest BCUT2D eigenvalue weighted by molar-refractivity contribution is 0.305. The molecule has 3 rings (SSSR count). The molecule has 3 aromatic rings. The molecule has 0 aliphatic carbocycles. The molecule has 0 N–H and O–H groups in total. The quantitative estimate of drug-likeness (QED) is 0.692. The van der Waals surface area contributed by atoms with E-state index in [0.29, 0.717) is 16.9 Å². The standard InChI is InChI=1S/C18H13NO3/c1-12-6-7-15-14(9-18(20)22-17(15)8-12)11-21-16-5-3-2-4-13(16)10-19/h2-9H,11H2,1H3. The van der Waals surface area contributed by atoms with E-state index in [0.717, 1.165) is 16.5 Å². The summed E-state index contributed by atoms with van der Waals surface area (Å²) >= 11 is 0. The minimum Gasteiger partial charge on any atom is -0.487 e. The van der Waals surface area contributed by atoms with Gasteiger partial charge in [-0.3, -0.25) is 0 Å². The second-order valence-corrected chi connectivity index (χ2v) is 4.99. The van der Waals surface area contributed by atoms with Crippen molar-refractivity contribution in [2.75, 3.05) is 0 Å². The molecule has 0 saturated carbocycles. The van der Waals surface area contributed by atoms with Crippen LogP contribution >= 0.6 is 0 Å². The molecule has 0 atom stereocenters. The Hall–Kier alpha value is -3.06. The van der Waals surface area contributed by atoms with Gasteiger partial charge >= 0.3 is 5.63 Å². The smallest absolute Gasteiger partial charge is 0.336 e. The van der Waals surface area contributed by atoms with Gasteiger partial charge in [0.2, 0.25) is 0 Å². The van der Waals surface area contributed by atoms with Crippen molar-refractivity contribution < 1.29 is 9.15 Å². The summed E-state index contributed by atoms with van der Waals surface area (Å²) in [6.45, 7) is 2.13. The van der Waals surface area contributed by atoms with Gasteiger partial charge in [-0.25, -0.2) is 4.79 Å². The molecule has 0 aliphatic heterocycles. The van der Waals surface area contributed by atoms with Gasteiger partial charge in [0.15, 0.2) is 0 Å². The molecule has 4 nitrogen and oxygen atoms in total. The number of aryl methyl sites for hydroxylation is 1. The van der Waals surface area contributed by atoms with Crippen molar-refractivity contribution in [1.82, 2.24) is 0 Å². The molecule has 0 saturated heterocycles. The van der Waals surface area contributed by atoms with E-state index in [1.54, 1.807) is 24.3 Å². The minimum absolute atomic E-state index is 0.198. The highest BCUT2D eigenvalue weighted by Crippen LogP contribution is 2.22. The molecule has 0 radical (unpaired) electrons. The van der Waals surface area contributed by atoms with Crippen LogP contribution in [0.1, 0.15) is 16.7 Å². The van der Waals surface area contributed by atoms with E-state index in [1.165, 1.54) is 6.07 Å². The van der Waals surface area contributed by atoms with Crippen molar-refractivity contribution in [2.24, 2.45) is 0 Å². The number of hydrogen-bond acceptors (Lipinski definition) is 4. The van der Waals surface area contributed by atoms with Gasteiger partial charge in [0.05, 0.1) is 5.56 Å². The van der Waals surface area contributed by atoms with E-state index in [-0.39, 0.29) is 6.61 Å². The molecule has 1 aromatic heterocycles. The molecule has 0 spiro atoms. The fourth-order valence-electron chi connectivity index (χ4n) is 2.30. The normalized spacial score (nSPS) is 10.4.